The third-order valence-electron chi connectivity index (χ3n) is 2.10. The highest BCUT2D eigenvalue weighted by Gasteiger charge is 2.26. The molecule has 0 fully saturated rings. The lowest BCUT2D eigenvalue weighted by atomic mass is 10.0. The number of hydrogen-bond acceptors (Lipinski definition) is 5. The van der Waals surface area contributed by atoms with Crippen LogP contribution in [-0.2, 0) is 19.1 Å². The minimum absolute atomic E-state index is 0.376. The van der Waals surface area contributed by atoms with Crippen LogP contribution in [0.2, 0.25) is 0 Å². The Bertz CT molecular complexity index is 435. The van der Waals surface area contributed by atoms with Crippen molar-refractivity contribution < 1.29 is 5.11 Å². The molecule has 0 aliphatic rings. The summed E-state index contributed by atoms with van der Waals surface area (Å²) in [5.41, 5.74) is -0.919. The van der Waals surface area contributed by atoms with E-state index in [1.165, 1.54) is 16.1 Å². The van der Waals surface area contributed by atoms with Crippen LogP contribution in [0.25, 0.3) is 0 Å². The molecule has 1 unspecified atom stereocenters. The number of thiophene rings is 1. The van der Waals surface area contributed by atoms with E-state index in [-0.39, 0.29) is 0 Å². The van der Waals surface area contributed by atoms with Gasteiger partial charge < -0.3 is 5.11 Å². The topological polar surface area (TPSA) is 63.8 Å². The molecule has 0 bridgehead atoms. The van der Waals surface area contributed by atoms with Crippen molar-refractivity contribution >= 4 is 11.3 Å². The molecule has 2 aromatic rings. The molecule has 1 atom stereocenters. The van der Waals surface area contributed by atoms with E-state index in [0.29, 0.717) is 12.2 Å². The van der Waals surface area contributed by atoms with E-state index in [0.717, 1.165) is 4.88 Å². The van der Waals surface area contributed by atoms with Crippen LogP contribution in [-0.4, -0.2) is 25.3 Å². The number of rotatable bonds is 3. The fourth-order valence-electron chi connectivity index (χ4n) is 1.37. The van der Waals surface area contributed by atoms with E-state index in [1.807, 2.05) is 17.5 Å². The Hall–Kier alpha value is -1.27. The first-order valence-corrected chi connectivity index (χ1v) is 5.45. The molecule has 0 saturated carbocycles. The van der Waals surface area contributed by atoms with E-state index in [4.69, 9.17) is 0 Å². The minimum atomic E-state index is -0.919. The standard InChI is InChI=1S/C9H12N4OS/c1-9(14,7-4-3-5-15-7)6-8-10-12-13(2)11-8/h3-5,14H,6H2,1-2H3. The lowest BCUT2D eigenvalue weighted by Crippen LogP contribution is -2.23. The van der Waals surface area contributed by atoms with Gasteiger partial charge in [-0.3, -0.25) is 0 Å². The van der Waals surface area contributed by atoms with E-state index in [1.54, 1.807) is 14.0 Å². The summed E-state index contributed by atoms with van der Waals surface area (Å²) in [6.45, 7) is 1.76. The number of hydrogen-bond donors (Lipinski definition) is 1. The van der Waals surface area contributed by atoms with Gasteiger partial charge in [0.1, 0.15) is 5.60 Å². The van der Waals surface area contributed by atoms with Gasteiger partial charge in [-0.05, 0) is 23.6 Å². The Morgan fingerprint density at radius 3 is 2.93 bits per heavy atom. The summed E-state index contributed by atoms with van der Waals surface area (Å²) in [6.07, 6.45) is 0.376. The highest BCUT2D eigenvalue weighted by atomic mass is 32.1. The Labute approximate surface area is 91.4 Å². The first kappa shape index (κ1) is 10.3. The summed E-state index contributed by atoms with van der Waals surface area (Å²) in [4.78, 5) is 2.30. The summed E-state index contributed by atoms with van der Waals surface area (Å²) in [7, 11) is 1.70. The Kier molecular flexibility index (Phi) is 2.54. The Morgan fingerprint density at radius 1 is 1.60 bits per heavy atom. The maximum absolute atomic E-state index is 10.2. The summed E-state index contributed by atoms with van der Waals surface area (Å²) in [5.74, 6) is 0.552. The molecule has 2 rings (SSSR count). The van der Waals surface area contributed by atoms with Crippen molar-refractivity contribution in [1.29, 1.82) is 0 Å². The molecule has 0 aliphatic carbocycles. The van der Waals surface area contributed by atoms with Crippen LogP contribution in [0.4, 0.5) is 0 Å². The van der Waals surface area contributed by atoms with Crippen molar-refractivity contribution in [3.63, 3.8) is 0 Å². The van der Waals surface area contributed by atoms with Gasteiger partial charge in [-0.2, -0.15) is 4.80 Å². The van der Waals surface area contributed by atoms with E-state index < -0.39 is 5.60 Å². The third-order valence-corrected chi connectivity index (χ3v) is 3.23. The van der Waals surface area contributed by atoms with Crippen molar-refractivity contribution in [2.45, 2.75) is 18.9 Å². The molecule has 5 nitrogen and oxygen atoms in total. The van der Waals surface area contributed by atoms with Crippen LogP contribution < -0.4 is 0 Å². The first-order valence-electron chi connectivity index (χ1n) is 4.57. The van der Waals surface area contributed by atoms with Gasteiger partial charge in [0.25, 0.3) is 0 Å². The molecular formula is C9H12N4OS. The Balaban J connectivity index is 2.18. The molecule has 15 heavy (non-hydrogen) atoms. The fraction of sp³-hybridized carbons (Fsp3) is 0.444. The zero-order chi connectivity index (χ0) is 10.9. The van der Waals surface area contributed by atoms with Crippen LogP contribution >= 0.6 is 11.3 Å². The number of aliphatic hydroxyl groups is 1. The monoisotopic (exact) mass is 224 g/mol. The second-order valence-corrected chi connectivity index (χ2v) is 4.57. The average molecular weight is 224 g/mol. The molecule has 1 N–H and O–H groups in total. The highest BCUT2D eigenvalue weighted by Crippen LogP contribution is 2.27. The van der Waals surface area contributed by atoms with Gasteiger partial charge in [0, 0.05) is 11.3 Å². The quantitative estimate of drug-likeness (QED) is 0.834. The van der Waals surface area contributed by atoms with Crippen molar-refractivity contribution in [2.75, 3.05) is 0 Å². The van der Waals surface area contributed by atoms with Gasteiger partial charge in [-0.15, -0.1) is 21.5 Å². The zero-order valence-corrected chi connectivity index (χ0v) is 9.40. The van der Waals surface area contributed by atoms with E-state index in [2.05, 4.69) is 15.4 Å². The molecule has 0 aromatic carbocycles. The zero-order valence-electron chi connectivity index (χ0n) is 8.58. The van der Waals surface area contributed by atoms with Crippen LogP contribution in [0.15, 0.2) is 17.5 Å². The van der Waals surface area contributed by atoms with Crippen molar-refractivity contribution in [3.8, 4) is 0 Å². The van der Waals surface area contributed by atoms with Gasteiger partial charge >= 0.3 is 0 Å². The number of aromatic nitrogens is 4. The molecule has 0 radical (unpaired) electrons. The summed E-state index contributed by atoms with van der Waals surface area (Å²) < 4.78 is 0. The molecular weight excluding hydrogens is 212 g/mol. The number of tetrazole rings is 1. The number of nitrogens with zero attached hydrogens (tertiary/aromatic N) is 4. The van der Waals surface area contributed by atoms with Crippen LogP contribution in [0.3, 0.4) is 0 Å². The molecule has 6 heteroatoms. The summed E-state index contributed by atoms with van der Waals surface area (Å²) in [6, 6.07) is 3.82. The molecule has 0 spiro atoms. The minimum Gasteiger partial charge on any atom is -0.384 e. The molecule has 0 aliphatic heterocycles. The van der Waals surface area contributed by atoms with Crippen LogP contribution in [0.1, 0.15) is 17.6 Å². The third kappa shape index (κ3) is 2.21. The van der Waals surface area contributed by atoms with Crippen LogP contribution in [0, 0.1) is 0 Å². The van der Waals surface area contributed by atoms with Crippen LogP contribution in [0.5, 0.6) is 0 Å². The molecule has 2 heterocycles. The average Bonchev–Trinajstić information content (AvgIpc) is 2.75. The maximum atomic E-state index is 10.2. The SMILES string of the molecule is Cn1nnc(CC(C)(O)c2cccs2)n1. The number of aryl methyl sites for hydroxylation is 1. The molecule has 2 aromatic heterocycles. The van der Waals surface area contributed by atoms with E-state index in [9.17, 15) is 5.11 Å². The molecule has 0 saturated heterocycles. The van der Waals surface area contributed by atoms with Gasteiger partial charge in [-0.25, -0.2) is 0 Å². The van der Waals surface area contributed by atoms with Gasteiger partial charge in [-0.1, -0.05) is 6.07 Å². The summed E-state index contributed by atoms with van der Waals surface area (Å²) in [5, 5.41) is 23.8. The van der Waals surface area contributed by atoms with Gasteiger partial charge in [0.05, 0.1) is 7.05 Å². The van der Waals surface area contributed by atoms with E-state index >= 15 is 0 Å². The van der Waals surface area contributed by atoms with Crippen molar-refractivity contribution in [1.82, 2.24) is 20.2 Å². The highest BCUT2D eigenvalue weighted by molar-refractivity contribution is 7.10. The second-order valence-electron chi connectivity index (χ2n) is 3.62. The Morgan fingerprint density at radius 2 is 2.40 bits per heavy atom. The predicted molar refractivity (Wildman–Crippen MR) is 56.4 cm³/mol. The fourth-order valence-corrected chi connectivity index (χ4v) is 2.16. The lowest BCUT2D eigenvalue weighted by Gasteiger charge is -2.19. The van der Waals surface area contributed by atoms with Crippen molar-refractivity contribution in [3.05, 3.63) is 28.2 Å². The second kappa shape index (κ2) is 3.71. The predicted octanol–water partition coefficient (Wildman–Crippen LogP) is 0.722. The lowest BCUT2D eigenvalue weighted by molar-refractivity contribution is 0.0592. The molecule has 80 valence electrons. The normalized spacial score (nSPS) is 15.1. The van der Waals surface area contributed by atoms with Crippen molar-refractivity contribution in [2.24, 2.45) is 7.05 Å². The smallest absolute Gasteiger partial charge is 0.178 e. The largest absolute Gasteiger partial charge is 0.384 e. The molecule has 0 amide bonds. The van der Waals surface area contributed by atoms with Gasteiger partial charge in [0.2, 0.25) is 0 Å². The van der Waals surface area contributed by atoms with Gasteiger partial charge in [0.15, 0.2) is 5.82 Å². The maximum Gasteiger partial charge on any atom is 0.178 e. The first-order chi connectivity index (χ1) is 7.08. The summed E-state index contributed by atoms with van der Waals surface area (Å²) >= 11 is 1.52.